The quantitative estimate of drug-likeness (QED) is 0.825. The lowest BCUT2D eigenvalue weighted by molar-refractivity contribution is -0.524. The zero-order chi connectivity index (χ0) is 17.6. The molecule has 0 saturated carbocycles. The third-order valence-corrected chi connectivity index (χ3v) is 6.15. The van der Waals surface area contributed by atoms with Crippen LogP contribution in [0.5, 0.6) is 11.5 Å². The Morgan fingerprint density at radius 3 is 2.69 bits per heavy atom. The molecule has 0 fully saturated rings. The second kappa shape index (κ2) is 6.21. The average Bonchev–Trinajstić information content (AvgIpc) is 3.12. The number of fused-ring (bicyclic) bond motifs is 1. The van der Waals surface area contributed by atoms with Crippen LogP contribution in [-0.4, -0.2) is 46.9 Å². The molecule has 3 aliphatic heterocycles. The molecule has 0 spiro atoms. The van der Waals surface area contributed by atoms with Crippen molar-refractivity contribution < 1.29 is 19.2 Å². The molecule has 134 valence electrons. The molecule has 5 nitrogen and oxygen atoms in total. The number of aliphatic hydroxyl groups is 1. The zero-order valence-corrected chi connectivity index (χ0v) is 15.2. The Morgan fingerprint density at radius 2 is 1.85 bits per heavy atom. The van der Waals surface area contributed by atoms with E-state index in [4.69, 9.17) is 9.47 Å². The summed E-state index contributed by atoms with van der Waals surface area (Å²) in [4.78, 5) is 2.05. The maximum Gasteiger partial charge on any atom is 0.316 e. The molecule has 0 radical (unpaired) electrons. The van der Waals surface area contributed by atoms with Crippen molar-refractivity contribution in [3.8, 4) is 11.5 Å². The van der Waals surface area contributed by atoms with E-state index in [2.05, 4.69) is 9.48 Å². The van der Waals surface area contributed by atoms with Crippen LogP contribution in [0.25, 0.3) is 0 Å². The van der Waals surface area contributed by atoms with Crippen molar-refractivity contribution in [3.05, 3.63) is 54.1 Å². The second-order valence-electron chi connectivity index (χ2n) is 6.75. The Labute approximate surface area is 156 Å². The van der Waals surface area contributed by atoms with Crippen molar-refractivity contribution in [2.45, 2.75) is 12.1 Å². The van der Waals surface area contributed by atoms with Crippen LogP contribution >= 0.6 is 11.8 Å². The Bertz CT molecular complexity index is 871. The molecule has 1 N–H and O–H groups in total. The van der Waals surface area contributed by atoms with Gasteiger partial charge in [0.1, 0.15) is 5.69 Å². The first kappa shape index (κ1) is 16.0. The van der Waals surface area contributed by atoms with Gasteiger partial charge in [-0.3, -0.25) is 0 Å². The molecule has 3 aliphatic rings. The first-order valence-electron chi connectivity index (χ1n) is 8.98. The lowest BCUT2D eigenvalue weighted by atomic mass is 10.0. The molecule has 6 heteroatoms. The summed E-state index contributed by atoms with van der Waals surface area (Å²) in [6.45, 7) is 2.84. The molecule has 0 amide bonds. The predicted molar refractivity (Wildman–Crippen MR) is 102 cm³/mol. The molecule has 2 aromatic carbocycles. The number of rotatable bonds is 2. The van der Waals surface area contributed by atoms with Crippen LogP contribution in [0, 0.1) is 0 Å². The van der Waals surface area contributed by atoms with Crippen molar-refractivity contribution in [1.29, 1.82) is 0 Å². The van der Waals surface area contributed by atoms with Crippen LogP contribution < -0.4 is 14.4 Å². The third kappa shape index (κ3) is 2.47. The van der Waals surface area contributed by atoms with Crippen LogP contribution in [0.1, 0.15) is 12.0 Å². The number of amidine groups is 1. The number of anilines is 1. The van der Waals surface area contributed by atoms with Gasteiger partial charge in [-0.05, 0) is 23.9 Å². The molecular formula is C20H21N2O3S+. The number of thioether (sulfide) groups is 1. The Kier molecular flexibility index (Phi) is 3.83. The van der Waals surface area contributed by atoms with Gasteiger partial charge < -0.3 is 14.6 Å². The molecule has 2 aromatic rings. The van der Waals surface area contributed by atoms with Gasteiger partial charge >= 0.3 is 5.17 Å². The number of hydrogen-bond donors (Lipinski definition) is 1. The lowest BCUT2D eigenvalue weighted by Crippen LogP contribution is -2.47. The van der Waals surface area contributed by atoms with Gasteiger partial charge in [-0.25, -0.2) is 4.58 Å². The Morgan fingerprint density at radius 1 is 1.04 bits per heavy atom. The summed E-state index contributed by atoms with van der Waals surface area (Å²) < 4.78 is 13.9. The molecular weight excluding hydrogens is 348 g/mol. The Hall–Kier alpha value is -2.18. The molecule has 1 atom stereocenters. The fourth-order valence-electron chi connectivity index (χ4n) is 3.82. The minimum atomic E-state index is -1.09. The van der Waals surface area contributed by atoms with Gasteiger partial charge in [0.15, 0.2) is 18.0 Å². The van der Waals surface area contributed by atoms with Crippen LogP contribution in [0.15, 0.2) is 48.5 Å². The van der Waals surface area contributed by atoms with E-state index in [-0.39, 0.29) is 0 Å². The van der Waals surface area contributed by atoms with Crippen LogP contribution in [0.3, 0.4) is 0 Å². The minimum Gasteiger partial charge on any atom is -0.490 e. The topological polar surface area (TPSA) is 44.9 Å². The first-order valence-corrected chi connectivity index (χ1v) is 9.97. The van der Waals surface area contributed by atoms with Crippen molar-refractivity contribution in [1.82, 2.24) is 0 Å². The summed E-state index contributed by atoms with van der Waals surface area (Å²) in [5.74, 6) is 2.56. The number of ether oxygens (including phenoxy) is 2. The van der Waals surface area contributed by atoms with E-state index < -0.39 is 5.72 Å². The fourth-order valence-corrected chi connectivity index (χ4v) is 5.04. The van der Waals surface area contributed by atoms with Gasteiger partial charge in [0.2, 0.25) is 0 Å². The van der Waals surface area contributed by atoms with Gasteiger partial charge in [0.05, 0.1) is 19.8 Å². The maximum atomic E-state index is 11.7. The van der Waals surface area contributed by atoms with E-state index in [1.54, 1.807) is 11.8 Å². The first-order chi connectivity index (χ1) is 12.8. The summed E-state index contributed by atoms with van der Waals surface area (Å²) in [6.07, 6.45) is 0.878. The lowest BCUT2D eigenvalue weighted by Gasteiger charge is -2.29. The molecule has 0 aromatic heterocycles. The van der Waals surface area contributed by atoms with Crippen molar-refractivity contribution in [3.63, 3.8) is 0 Å². The summed E-state index contributed by atoms with van der Waals surface area (Å²) in [5.41, 5.74) is 0.728. The van der Waals surface area contributed by atoms with Crippen LogP contribution in [0.4, 0.5) is 5.69 Å². The number of hydrogen-bond acceptors (Lipinski definition) is 5. The van der Waals surface area contributed by atoms with Crippen molar-refractivity contribution in [2.24, 2.45) is 0 Å². The highest BCUT2D eigenvalue weighted by Gasteiger charge is 2.56. The summed E-state index contributed by atoms with van der Waals surface area (Å²) in [7, 11) is 0. The number of benzene rings is 2. The van der Waals surface area contributed by atoms with Crippen LogP contribution in [0.2, 0.25) is 0 Å². The molecule has 0 saturated heterocycles. The van der Waals surface area contributed by atoms with E-state index >= 15 is 0 Å². The summed E-state index contributed by atoms with van der Waals surface area (Å²) in [5, 5.41) is 12.8. The second-order valence-corrected chi connectivity index (χ2v) is 7.81. The van der Waals surface area contributed by atoms with Gasteiger partial charge in [0.25, 0.3) is 5.72 Å². The molecule has 0 unspecified atom stereocenters. The van der Waals surface area contributed by atoms with Crippen molar-refractivity contribution in [2.75, 3.05) is 37.0 Å². The molecule has 5 rings (SSSR count). The maximum absolute atomic E-state index is 11.7. The molecule has 3 heterocycles. The fraction of sp³-hybridized carbons (Fsp3) is 0.350. The van der Waals surface area contributed by atoms with E-state index in [1.807, 2.05) is 48.5 Å². The van der Waals surface area contributed by atoms with Crippen molar-refractivity contribution >= 4 is 22.6 Å². The van der Waals surface area contributed by atoms with E-state index in [0.717, 1.165) is 46.6 Å². The highest BCUT2D eigenvalue weighted by molar-refractivity contribution is 8.14. The van der Waals surface area contributed by atoms with Gasteiger partial charge in [-0.2, -0.15) is 4.90 Å². The monoisotopic (exact) mass is 369 g/mol. The number of nitrogens with zero attached hydrogens (tertiary/aromatic N) is 2. The normalized spacial score (nSPS) is 24.6. The highest BCUT2D eigenvalue weighted by Crippen LogP contribution is 2.43. The zero-order valence-electron chi connectivity index (χ0n) is 14.4. The molecule has 0 aliphatic carbocycles. The van der Waals surface area contributed by atoms with Gasteiger partial charge in [-0.15, -0.1) is 0 Å². The molecule has 0 bridgehead atoms. The largest absolute Gasteiger partial charge is 0.490 e. The predicted octanol–water partition coefficient (Wildman–Crippen LogP) is 2.63. The van der Waals surface area contributed by atoms with E-state index in [1.165, 1.54) is 0 Å². The summed E-state index contributed by atoms with van der Waals surface area (Å²) in [6, 6.07) is 15.8. The van der Waals surface area contributed by atoms with Gasteiger partial charge in [0, 0.05) is 23.8 Å². The van der Waals surface area contributed by atoms with Gasteiger partial charge in [-0.1, -0.05) is 30.3 Å². The van der Waals surface area contributed by atoms with E-state index in [0.29, 0.717) is 19.8 Å². The molecule has 26 heavy (non-hydrogen) atoms. The van der Waals surface area contributed by atoms with Crippen LogP contribution in [-0.2, 0) is 5.72 Å². The minimum absolute atomic E-state index is 0.563. The third-order valence-electron chi connectivity index (χ3n) is 5.06. The van der Waals surface area contributed by atoms with E-state index in [9.17, 15) is 5.11 Å². The SMILES string of the molecule is O[C@@]1(c2ccccc2)C[N+]2=C(SCC2)N1c1ccc2c(c1)OCCCO2. The smallest absolute Gasteiger partial charge is 0.316 e. The summed E-state index contributed by atoms with van der Waals surface area (Å²) >= 11 is 1.79. The standard InChI is InChI=1S/C20H21N2O3S/c23-20(15-5-2-1-3-6-15)14-21-9-12-26-19(21)22(20)16-7-8-17-18(13-16)25-11-4-10-24-17/h1-3,5-8,13,23H,4,9-12,14H2/q+1/t20-/m1/s1. The highest BCUT2D eigenvalue weighted by atomic mass is 32.2. The average molecular weight is 369 g/mol. The Balaban J connectivity index is 1.61.